The number of carboxylic acid groups (broad SMARTS) is 1. The summed E-state index contributed by atoms with van der Waals surface area (Å²) in [7, 11) is 4.51. The van der Waals surface area contributed by atoms with Crippen LogP contribution in [0, 0.1) is 0 Å². The van der Waals surface area contributed by atoms with Crippen LogP contribution in [0.4, 0.5) is 5.69 Å². The van der Waals surface area contributed by atoms with Crippen LogP contribution in [0.25, 0.3) is 0 Å². The molecule has 1 aliphatic heterocycles. The van der Waals surface area contributed by atoms with E-state index in [2.05, 4.69) is 0 Å². The maximum Gasteiger partial charge on any atom is 0.335 e. The van der Waals surface area contributed by atoms with Crippen LogP contribution in [0.1, 0.15) is 47.5 Å². The number of carbonyl (C=O) groups excluding carboxylic acids is 2. The summed E-state index contributed by atoms with van der Waals surface area (Å²) in [5, 5.41) is 9.66. The van der Waals surface area contributed by atoms with Crippen LogP contribution in [0.5, 0.6) is 17.2 Å². The number of amides is 1. The van der Waals surface area contributed by atoms with Crippen LogP contribution in [0.15, 0.2) is 41.6 Å². The Morgan fingerprint density at radius 3 is 2.29 bits per heavy atom. The Hall–Kier alpha value is -3.52. The van der Waals surface area contributed by atoms with Crippen LogP contribution in [-0.2, 0) is 9.59 Å². The zero-order chi connectivity index (χ0) is 24.6. The van der Waals surface area contributed by atoms with Crippen molar-refractivity contribution in [2.24, 2.45) is 0 Å². The number of carboxylic acids is 1. The topological polar surface area (TPSA) is 102 Å². The number of anilines is 1. The molecule has 1 unspecified atom stereocenters. The van der Waals surface area contributed by atoms with E-state index in [1.807, 2.05) is 0 Å². The average Bonchev–Trinajstić information content (AvgIpc) is 2.83. The Labute approximate surface area is 201 Å². The lowest BCUT2D eigenvalue weighted by Gasteiger charge is -2.38. The molecule has 178 valence electrons. The van der Waals surface area contributed by atoms with Gasteiger partial charge in [-0.1, -0.05) is 11.6 Å². The van der Waals surface area contributed by atoms with Crippen molar-refractivity contribution in [3.8, 4) is 17.2 Å². The van der Waals surface area contributed by atoms with Crippen LogP contribution >= 0.6 is 11.6 Å². The molecular formula is C25H24ClNO7. The Morgan fingerprint density at radius 1 is 1.03 bits per heavy atom. The van der Waals surface area contributed by atoms with Gasteiger partial charge in [-0.2, -0.15) is 0 Å². The van der Waals surface area contributed by atoms with Crippen LogP contribution < -0.4 is 19.1 Å². The molecule has 0 fully saturated rings. The fraction of sp³-hybridized carbons (Fsp3) is 0.320. The van der Waals surface area contributed by atoms with E-state index >= 15 is 0 Å². The zero-order valence-electron chi connectivity index (χ0n) is 19.0. The highest BCUT2D eigenvalue weighted by molar-refractivity contribution is 6.34. The van der Waals surface area contributed by atoms with E-state index in [0.29, 0.717) is 53.3 Å². The van der Waals surface area contributed by atoms with E-state index in [9.17, 15) is 19.5 Å². The molecule has 0 bridgehead atoms. The van der Waals surface area contributed by atoms with Crippen LogP contribution in [0.3, 0.4) is 0 Å². The van der Waals surface area contributed by atoms with Crippen molar-refractivity contribution >= 4 is 34.9 Å². The molecule has 1 aliphatic carbocycles. The molecular weight excluding hydrogens is 462 g/mol. The predicted octanol–water partition coefficient (Wildman–Crippen LogP) is 4.59. The average molecular weight is 486 g/mol. The lowest BCUT2D eigenvalue weighted by Crippen LogP contribution is -2.40. The van der Waals surface area contributed by atoms with Gasteiger partial charge in [0.15, 0.2) is 17.3 Å². The lowest BCUT2D eigenvalue weighted by atomic mass is 9.77. The summed E-state index contributed by atoms with van der Waals surface area (Å²) in [5.41, 5.74) is 2.03. The number of carbonyl (C=O) groups is 3. The van der Waals surface area contributed by atoms with E-state index in [1.165, 1.54) is 44.4 Å². The molecule has 2 aliphatic rings. The lowest BCUT2D eigenvalue weighted by molar-refractivity contribution is -0.119. The van der Waals surface area contributed by atoms with Crippen molar-refractivity contribution in [2.75, 3.05) is 26.2 Å². The monoisotopic (exact) mass is 485 g/mol. The number of nitrogens with zero attached hydrogens (tertiary/aromatic N) is 1. The maximum atomic E-state index is 13.5. The molecule has 9 heteroatoms. The van der Waals surface area contributed by atoms with E-state index in [1.54, 1.807) is 12.1 Å². The second-order valence-electron chi connectivity index (χ2n) is 8.05. The molecule has 0 radical (unpaired) electrons. The minimum atomic E-state index is -1.13. The fourth-order valence-electron chi connectivity index (χ4n) is 4.68. The van der Waals surface area contributed by atoms with Gasteiger partial charge in [-0.05, 0) is 48.7 Å². The van der Waals surface area contributed by atoms with Gasteiger partial charge in [0, 0.05) is 30.0 Å². The van der Waals surface area contributed by atoms with Crippen molar-refractivity contribution in [3.63, 3.8) is 0 Å². The molecule has 1 atom stereocenters. The van der Waals surface area contributed by atoms with Gasteiger partial charge in [0.1, 0.15) is 0 Å². The first-order chi connectivity index (χ1) is 16.3. The summed E-state index contributed by atoms with van der Waals surface area (Å²) < 4.78 is 16.3. The summed E-state index contributed by atoms with van der Waals surface area (Å²) in [5.74, 6) is -0.712. The third-order valence-electron chi connectivity index (χ3n) is 6.20. The van der Waals surface area contributed by atoms with Gasteiger partial charge in [0.05, 0.1) is 37.6 Å². The first-order valence-corrected chi connectivity index (χ1v) is 11.1. The number of ketones is 1. The largest absolute Gasteiger partial charge is 0.493 e. The number of rotatable bonds is 6. The van der Waals surface area contributed by atoms with E-state index < -0.39 is 11.9 Å². The van der Waals surface area contributed by atoms with Gasteiger partial charge in [-0.15, -0.1) is 0 Å². The molecule has 1 heterocycles. The third-order valence-corrected chi connectivity index (χ3v) is 6.52. The van der Waals surface area contributed by atoms with Crippen molar-refractivity contribution < 1.29 is 33.7 Å². The van der Waals surface area contributed by atoms with Gasteiger partial charge in [0.25, 0.3) is 0 Å². The Bertz CT molecular complexity index is 1190. The molecule has 4 rings (SSSR count). The number of ether oxygens (including phenoxy) is 3. The number of Topliss-reactive ketones (excluding diaryl/α,β-unsaturated/α-hetero) is 1. The summed E-state index contributed by atoms with van der Waals surface area (Å²) >= 11 is 6.39. The molecule has 2 aromatic rings. The quantitative estimate of drug-likeness (QED) is 0.638. The van der Waals surface area contributed by atoms with Gasteiger partial charge in [-0.25, -0.2) is 4.79 Å². The summed E-state index contributed by atoms with van der Waals surface area (Å²) in [6.07, 6.45) is 1.43. The highest BCUT2D eigenvalue weighted by atomic mass is 35.5. The van der Waals surface area contributed by atoms with E-state index in [-0.39, 0.29) is 34.4 Å². The SMILES string of the molecule is COc1cc(C2CC(=O)N(c3cc(C(=O)O)ccc3Cl)C3=C2C(=O)CCC3)cc(OC)c1OC. The molecule has 1 amide bonds. The van der Waals surface area contributed by atoms with Crippen molar-refractivity contribution in [1.29, 1.82) is 0 Å². The highest BCUT2D eigenvalue weighted by Crippen LogP contribution is 2.48. The van der Waals surface area contributed by atoms with Gasteiger partial charge < -0.3 is 19.3 Å². The highest BCUT2D eigenvalue weighted by Gasteiger charge is 2.41. The Kier molecular flexibility index (Phi) is 6.52. The number of halogens is 1. The second-order valence-corrected chi connectivity index (χ2v) is 8.46. The normalized spacial score (nSPS) is 18.0. The third kappa shape index (κ3) is 3.98. The van der Waals surface area contributed by atoms with Gasteiger partial charge >= 0.3 is 5.97 Å². The molecule has 8 nitrogen and oxygen atoms in total. The zero-order valence-corrected chi connectivity index (χ0v) is 19.8. The second kappa shape index (κ2) is 9.38. The van der Waals surface area contributed by atoms with Crippen molar-refractivity contribution in [2.45, 2.75) is 31.6 Å². The maximum absolute atomic E-state index is 13.5. The molecule has 0 saturated carbocycles. The number of benzene rings is 2. The predicted molar refractivity (Wildman–Crippen MR) is 125 cm³/mol. The summed E-state index contributed by atoms with van der Waals surface area (Å²) in [6, 6.07) is 7.69. The van der Waals surface area contributed by atoms with E-state index in [4.69, 9.17) is 25.8 Å². The van der Waals surface area contributed by atoms with Crippen LogP contribution in [0.2, 0.25) is 5.02 Å². The van der Waals surface area contributed by atoms with E-state index in [0.717, 1.165) is 0 Å². The number of hydrogen-bond acceptors (Lipinski definition) is 6. The van der Waals surface area contributed by atoms with Crippen molar-refractivity contribution in [3.05, 3.63) is 57.8 Å². The number of aromatic carboxylic acids is 1. The number of hydrogen-bond donors (Lipinski definition) is 1. The molecule has 1 N–H and O–H groups in total. The molecule has 0 saturated heterocycles. The first kappa shape index (κ1) is 23.6. The summed E-state index contributed by atoms with van der Waals surface area (Å²) in [6.45, 7) is 0. The summed E-state index contributed by atoms with van der Waals surface area (Å²) in [4.78, 5) is 39.6. The number of allylic oxidation sites excluding steroid dienone is 2. The van der Waals surface area contributed by atoms with Crippen molar-refractivity contribution in [1.82, 2.24) is 0 Å². The minimum absolute atomic E-state index is 0.00300. The number of methoxy groups -OCH3 is 3. The minimum Gasteiger partial charge on any atom is -0.493 e. The fourth-order valence-corrected chi connectivity index (χ4v) is 4.88. The molecule has 0 aromatic heterocycles. The molecule has 34 heavy (non-hydrogen) atoms. The Balaban J connectivity index is 1.90. The molecule has 0 spiro atoms. The van der Waals surface area contributed by atoms with Gasteiger partial charge in [0.2, 0.25) is 11.7 Å². The Morgan fingerprint density at radius 2 is 1.71 bits per heavy atom. The standard InChI is InChI=1S/C25H24ClNO7/c1-32-20-10-14(11-21(33-2)24(20)34-3)15-12-22(29)27(17-5-4-6-19(28)23(15)17)18-9-13(25(30)31)7-8-16(18)26/h7-11,15H,4-6,12H2,1-3H3,(H,30,31). The first-order valence-electron chi connectivity index (χ1n) is 10.7. The smallest absolute Gasteiger partial charge is 0.335 e. The van der Waals surface area contributed by atoms with Gasteiger partial charge in [-0.3, -0.25) is 14.5 Å². The van der Waals surface area contributed by atoms with Crippen LogP contribution in [-0.4, -0.2) is 44.1 Å². The molecule has 2 aromatic carbocycles.